The number of likely N-dealkylation sites (tertiary alicyclic amines) is 1. The maximum Gasteiger partial charge on any atom is 0.410 e. The van der Waals surface area contributed by atoms with Crippen molar-refractivity contribution in [1.29, 1.82) is 0 Å². The first-order chi connectivity index (χ1) is 13.3. The van der Waals surface area contributed by atoms with Gasteiger partial charge in [0.15, 0.2) is 11.7 Å². The molecule has 1 fully saturated rings. The Morgan fingerprint density at radius 2 is 1.86 bits per heavy atom. The molecule has 1 amide bonds. The second-order valence-corrected chi connectivity index (χ2v) is 7.73. The Kier molecular flexibility index (Phi) is 4.81. The third-order valence-electron chi connectivity index (χ3n) is 5.68. The third-order valence-corrected chi connectivity index (χ3v) is 5.68. The maximum absolute atomic E-state index is 13.7. The van der Waals surface area contributed by atoms with Gasteiger partial charge in [-0.2, -0.15) is 18.3 Å². The van der Waals surface area contributed by atoms with Gasteiger partial charge in [0.25, 0.3) is 5.91 Å². The fourth-order valence-corrected chi connectivity index (χ4v) is 3.96. The van der Waals surface area contributed by atoms with Crippen LogP contribution in [0.4, 0.5) is 19.0 Å². The number of carbonyl (C=O) groups excluding carboxylic acids is 1. The smallest absolute Gasteiger partial charge is 0.363 e. The predicted molar refractivity (Wildman–Crippen MR) is 99.0 cm³/mol. The number of carbonyl (C=O) groups is 1. The number of amides is 1. The Bertz CT molecular complexity index is 841. The van der Waals surface area contributed by atoms with Crippen molar-refractivity contribution >= 4 is 11.7 Å². The topological polar surface area (TPSA) is 50.2 Å². The number of anilines is 1. The summed E-state index contributed by atoms with van der Waals surface area (Å²) in [5, 5.41) is 7.19. The van der Waals surface area contributed by atoms with Gasteiger partial charge < -0.3 is 10.2 Å². The standard InChI is InChI=1S/C20H23F3N4O/c1-13-7-9-26(10-8-13)19(28)16-12-18-24-15(14-5-3-2-4-6-14)11-17(20(21,22)23)27(18)25-16/h2-6,12-13,15,17,24H,7-11H2,1H3/t15-,17+/m1/s1. The van der Waals surface area contributed by atoms with E-state index in [4.69, 9.17) is 0 Å². The molecule has 1 aromatic carbocycles. The Morgan fingerprint density at radius 1 is 1.18 bits per heavy atom. The van der Waals surface area contributed by atoms with Crippen molar-refractivity contribution in [1.82, 2.24) is 14.7 Å². The molecular formula is C20H23F3N4O. The number of piperidine rings is 1. The summed E-state index contributed by atoms with van der Waals surface area (Å²) in [5.74, 6) is 0.492. The Labute approximate surface area is 161 Å². The van der Waals surface area contributed by atoms with E-state index in [-0.39, 0.29) is 23.8 Å². The van der Waals surface area contributed by atoms with Gasteiger partial charge in [-0.15, -0.1) is 0 Å². The number of benzene rings is 1. The lowest BCUT2D eigenvalue weighted by Crippen LogP contribution is -2.38. The predicted octanol–water partition coefficient (Wildman–Crippen LogP) is 4.42. The molecule has 1 saturated heterocycles. The van der Waals surface area contributed by atoms with Gasteiger partial charge >= 0.3 is 6.18 Å². The van der Waals surface area contributed by atoms with E-state index in [0.717, 1.165) is 23.1 Å². The molecular weight excluding hydrogens is 369 g/mol. The van der Waals surface area contributed by atoms with Crippen LogP contribution in [0, 0.1) is 5.92 Å². The van der Waals surface area contributed by atoms with Crippen molar-refractivity contribution in [2.24, 2.45) is 5.92 Å². The minimum Gasteiger partial charge on any atom is -0.363 e. The molecule has 0 saturated carbocycles. The molecule has 150 valence electrons. The van der Waals surface area contributed by atoms with Crippen LogP contribution < -0.4 is 5.32 Å². The van der Waals surface area contributed by atoms with E-state index < -0.39 is 18.3 Å². The SMILES string of the molecule is CC1CCN(C(=O)c2cc3n(n2)[C@H](C(F)(F)F)C[C@H](c2ccccc2)N3)CC1. The van der Waals surface area contributed by atoms with Crippen molar-refractivity contribution in [2.45, 2.75) is 44.4 Å². The second kappa shape index (κ2) is 7.14. The van der Waals surface area contributed by atoms with Crippen LogP contribution in [0.25, 0.3) is 0 Å². The highest BCUT2D eigenvalue weighted by Gasteiger charge is 2.47. The average molecular weight is 392 g/mol. The number of halogens is 3. The van der Waals surface area contributed by atoms with E-state index in [1.165, 1.54) is 6.07 Å². The van der Waals surface area contributed by atoms with Crippen LogP contribution in [0.3, 0.4) is 0 Å². The molecule has 0 bridgehead atoms. The molecule has 1 aromatic heterocycles. The molecule has 4 rings (SSSR count). The van der Waals surface area contributed by atoms with Gasteiger partial charge in [-0.05, 0) is 24.3 Å². The lowest BCUT2D eigenvalue weighted by Gasteiger charge is -2.33. The van der Waals surface area contributed by atoms with E-state index in [2.05, 4.69) is 17.3 Å². The summed E-state index contributed by atoms with van der Waals surface area (Å²) in [7, 11) is 0. The van der Waals surface area contributed by atoms with E-state index in [1.807, 2.05) is 6.07 Å². The lowest BCUT2D eigenvalue weighted by atomic mass is 9.97. The molecule has 3 heterocycles. The maximum atomic E-state index is 13.7. The van der Waals surface area contributed by atoms with Crippen LogP contribution in [0.1, 0.15) is 54.3 Å². The summed E-state index contributed by atoms with van der Waals surface area (Å²) < 4.78 is 42.1. The number of alkyl halides is 3. The normalized spacial score (nSPS) is 23.2. The molecule has 1 N–H and O–H groups in total. The Morgan fingerprint density at radius 3 is 2.50 bits per heavy atom. The largest absolute Gasteiger partial charge is 0.410 e. The van der Waals surface area contributed by atoms with Gasteiger partial charge in [0.1, 0.15) is 5.82 Å². The molecule has 0 unspecified atom stereocenters. The van der Waals surface area contributed by atoms with E-state index in [1.54, 1.807) is 29.2 Å². The van der Waals surface area contributed by atoms with Crippen LogP contribution in [-0.2, 0) is 0 Å². The zero-order valence-corrected chi connectivity index (χ0v) is 15.6. The van der Waals surface area contributed by atoms with Crippen molar-refractivity contribution in [2.75, 3.05) is 18.4 Å². The molecule has 0 radical (unpaired) electrons. The number of nitrogens with one attached hydrogen (secondary N) is 1. The fraction of sp³-hybridized carbons (Fsp3) is 0.500. The highest BCUT2D eigenvalue weighted by atomic mass is 19.4. The number of hydrogen-bond donors (Lipinski definition) is 1. The van der Waals surface area contributed by atoms with Gasteiger partial charge in [0.05, 0.1) is 6.04 Å². The fourth-order valence-electron chi connectivity index (χ4n) is 3.96. The first-order valence-electron chi connectivity index (χ1n) is 9.60. The van der Waals surface area contributed by atoms with Gasteiger partial charge in [-0.25, -0.2) is 4.68 Å². The molecule has 2 atom stereocenters. The first kappa shape index (κ1) is 18.8. The summed E-state index contributed by atoms with van der Waals surface area (Å²) in [6.07, 6.45) is -2.81. The summed E-state index contributed by atoms with van der Waals surface area (Å²) >= 11 is 0. The highest BCUT2D eigenvalue weighted by molar-refractivity contribution is 5.93. The van der Waals surface area contributed by atoms with E-state index in [9.17, 15) is 18.0 Å². The summed E-state index contributed by atoms with van der Waals surface area (Å²) in [6.45, 7) is 3.37. The monoisotopic (exact) mass is 392 g/mol. The molecule has 2 aliphatic rings. The summed E-state index contributed by atoms with van der Waals surface area (Å²) in [6, 6.07) is 8.24. The lowest BCUT2D eigenvalue weighted by molar-refractivity contribution is -0.173. The van der Waals surface area contributed by atoms with Gasteiger partial charge in [0.2, 0.25) is 0 Å². The summed E-state index contributed by atoms with van der Waals surface area (Å²) in [5.41, 5.74) is 0.849. The molecule has 0 spiro atoms. The van der Waals surface area contributed by atoms with Gasteiger partial charge in [-0.1, -0.05) is 37.3 Å². The molecule has 2 aromatic rings. The third kappa shape index (κ3) is 3.59. The minimum atomic E-state index is -4.45. The van der Waals surface area contributed by atoms with E-state index in [0.29, 0.717) is 19.0 Å². The van der Waals surface area contributed by atoms with Crippen LogP contribution in [0.2, 0.25) is 0 Å². The quantitative estimate of drug-likeness (QED) is 0.823. The van der Waals surface area contributed by atoms with Crippen LogP contribution in [-0.4, -0.2) is 39.9 Å². The molecule has 8 heteroatoms. The highest BCUT2D eigenvalue weighted by Crippen LogP contribution is 2.43. The van der Waals surface area contributed by atoms with Crippen molar-refractivity contribution in [3.8, 4) is 0 Å². The van der Waals surface area contributed by atoms with Crippen LogP contribution in [0.5, 0.6) is 0 Å². The summed E-state index contributed by atoms with van der Waals surface area (Å²) in [4.78, 5) is 14.5. The molecule has 2 aliphatic heterocycles. The number of fused-ring (bicyclic) bond motifs is 1. The van der Waals surface area contributed by atoms with Crippen LogP contribution >= 0.6 is 0 Å². The minimum absolute atomic E-state index is 0.0695. The second-order valence-electron chi connectivity index (χ2n) is 7.73. The molecule has 0 aliphatic carbocycles. The first-order valence-corrected chi connectivity index (χ1v) is 9.60. The average Bonchev–Trinajstić information content (AvgIpc) is 3.11. The number of aromatic nitrogens is 2. The number of rotatable bonds is 2. The van der Waals surface area contributed by atoms with Crippen molar-refractivity contribution in [3.05, 3.63) is 47.7 Å². The van der Waals surface area contributed by atoms with Crippen LogP contribution in [0.15, 0.2) is 36.4 Å². The molecule has 28 heavy (non-hydrogen) atoms. The zero-order chi connectivity index (χ0) is 19.9. The zero-order valence-electron chi connectivity index (χ0n) is 15.6. The Hall–Kier alpha value is -2.51. The number of hydrogen-bond acceptors (Lipinski definition) is 3. The Balaban J connectivity index is 1.63. The van der Waals surface area contributed by atoms with E-state index >= 15 is 0 Å². The van der Waals surface area contributed by atoms with Gasteiger partial charge in [0, 0.05) is 25.6 Å². The molecule has 5 nitrogen and oxygen atoms in total. The van der Waals surface area contributed by atoms with Crippen molar-refractivity contribution in [3.63, 3.8) is 0 Å². The van der Waals surface area contributed by atoms with Gasteiger partial charge in [-0.3, -0.25) is 4.79 Å². The van der Waals surface area contributed by atoms with Crippen molar-refractivity contribution < 1.29 is 18.0 Å². The number of nitrogens with zero attached hydrogens (tertiary/aromatic N) is 3.